The van der Waals surface area contributed by atoms with Gasteiger partial charge in [-0.25, -0.2) is 4.90 Å². The van der Waals surface area contributed by atoms with E-state index in [1.807, 2.05) is 26.0 Å². The number of amides is 4. The van der Waals surface area contributed by atoms with Crippen molar-refractivity contribution in [3.63, 3.8) is 0 Å². The van der Waals surface area contributed by atoms with Gasteiger partial charge >= 0.3 is 10.1 Å². The molecule has 2 aliphatic heterocycles. The predicted molar refractivity (Wildman–Crippen MR) is 175 cm³/mol. The Balaban J connectivity index is 0.000000985. The summed E-state index contributed by atoms with van der Waals surface area (Å²) in [5.74, 6) is -2.50. The van der Waals surface area contributed by atoms with Gasteiger partial charge < -0.3 is 0 Å². The summed E-state index contributed by atoms with van der Waals surface area (Å²) in [4.78, 5) is 55.1. The number of imide groups is 2. The van der Waals surface area contributed by atoms with Crippen molar-refractivity contribution in [1.82, 2.24) is 10.4 Å². The third-order valence-electron chi connectivity index (χ3n) is 8.08. The molecule has 1 N–H and O–H groups in total. The van der Waals surface area contributed by atoms with Gasteiger partial charge in [0, 0.05) is 52.2 Å². The number of nitrogens with one attached hydrogen (secondary N) is 1. The van der Waals surface area contributed by atoms with Crippen LogP contribution in [0.25, 0.3) is 21.9 Å². The maximum Gasteiger partial charge on any atom is 0.313 e. The third kappa shape index (κ3) is 5.40. The number of aryl methyl sites for hydroxylation is 2. The summed E-state index contributed by atoms with van der Waals surface area (Å²) < 4.78 is 31.8. The number of hydroxylamine groups is 1. The molecule has 4 aromatic carbocycles. The van der Waals surface area contributed by atoms with E-state index in [-0.39, 0.29) is 50.2 Å². The summed E-state index contributed by atoms with van der Waals surface area (Å²) in [5, 5.41) is 0.480. The van der Waals surface area contributed by atoms with Crippen molar-refractivity contribution < 1.29 is 31.9 Å². The minimum absolute atomic E-state index is 0.0168. The van der Waals surface area contributed by atoms with Crippen molar-refractivity contribution in [2.45, 2.75) is 52.4 Å². The number of rotatable bonds is 7. The number of carbonyl (C=O) groups is 4. The smallest absolute Gasteiger partial charge is 0.277 e. The first kappa shape index (κ1) is 32.7. The lowest BCUT2D eigenvalue weighted by atomic mass is 9.86. The van der Waals surface area contributed by atoms with Gasteiger partial charge in [0.15, 0.2) is 0 Å². The van der Waals surface area contributed by atoms with E-state index >= 15 is 0 Å². The van der Waals surface area contributed by atoms with Crippen molar-refractivity contribution in [2.24, 2.45) is 0 Å². The summed E-state index contributed by atoms with van der Waals surface area (Å²) in [7, 11) is -3.02. The molecule has 238 valence electrons. The standard InChI is InChI=1S/C31H25N3O7S.C4H10/c1-5-32-41-42(39,40)25-15-18(7-9-20(25)19-8-6-16(2)14-17(19)3)34-30(37)23-12-10-21-26-22(29(36)33(4)28(21)35)11-13-24(27(23)26)31(34)38;1-3-4-2/h6-15,32H,5H2,1-4H3;3-4H2,1-2H3. The summed E-state index contributed by atoms with van der Waals surface area (Å²) >= 11 is 0. The lowest BCUT2D eigenvalue weighted by Gasteiger charge is -2.31. The van der Waals surface area contributed by atoms with E-state index in [2.05, 4.69) is 19.3 Å². The summed E-state index contributed by atoms with van der Waals surface area (Å²) in [6.45, 7) is 10.0. The Morgan fingerprint density at radius 1 is 0.652 bits per heavy atom. The second-order valence-corrected chi connectivity index (χ2v) is 12.7. The van der Waals surface area contributed by atoms with Crippen molar-refractivity contribution in [3.05, 3.63) is 94.0 Å². The number of unbranched alkanes of at least 4 members (excludes halogenated alkanes) is 1. The van der Waals surface area contributed by atoms with Crippen molar-refractivity contribution in [1.29, 1.82) is 0 Å². The lowest BCUT2D eigenvalue weighted by molar-refractivity contribution is 0.0649. The minimum Gasteiger partial charge on any atom is -0.277 e. The molecule has 10 nitrogen and oxygen atoms in total. The number of carbonyl (C=O) groups excluding carboxylic acids is 4. The topological polar surface area (TPSA) is 130 Å². The highest BCUT2D eigenvalue weighted by Gasteiger charge is 2.39. The zero-order chi connectivity index (χ0) is 33.5. The molecular weight excluding hydrogens is 606 g/mol. The Morgan fingerprint density at radius 3 is 1.61 bits per heavy atom. The fourth-order valence-corrected chi connectivity index (χ4v) is 6.68. The largest absolute Gasteiger partial charge is 0.313 e. The van der Waals surface area contributed by atoms with Gasteiger partial charge in [-0.2, -0.15) is 18.2 Å². The van der Waals surface area contributed by atoms with Crippen LogP contribution in [0.15, 0.2) is 65.6 Å². The molecule has 6 rings (SSSR count). The van der Waals surface area contributed by atoms with Crippen LogP contribution in [0, 0.1) is 13.8 Å². The zero-order valence-electron chi connectivity index (χ0n) is 26.6. The summed E-state index contributed by atoms with van der Waals surface area (Å²) in [6.07, 6.45) is 2.64. The molecule has 0 saturated heterocycles. The average molecular weight is 642 g/mol. The molecule has 0 aliphatic carbocycles. The van der Waals surface area contributed by atoms with Crippen LogP contribution in [0.1, 0.15) is 86.2 Å². The van der Waals surface area contributed by atoms with Gasteiger partial charge in [-0.1, -0.05) is 63.4 Å². The van der Waals surface area contributed by atoms with Crippen LogP contribution in [-0.4, -0.2) is 50.5 Å². The second-order valence-electron chi connectivity index (χ2n) is 11.2. The van der Waals surface area contributed by atoms with Gasteiger partial charge in [0.05, 0.1) is 5.69 Å². The van der Waals surface area contributed by atoms with Crippen LogP contribution in [0.3, 0.4) is 0 Å². The fraction of sp³-hybridized carbons (Fsp3) is 0.257. The van der Waals surface area contributed by atoms with Gasteiger partial charge in [-0.05, 0) is 61.4 Å². The Labute approximate surface area is 268 Å². The van der Waals surface area contributed by atoms with E-state index in [0.29, 0.717) is 11.1 Å². The fourth-order valence-electron chi connectivity index (χ4n) is 5.61. The average Bonchev–Trinajstić information content (AvgIpc) is 3.04. The Kier molecular flexibility index (Phi) is 8.94. The van der Waals surface area contributed by atoms with E-state index < -0.39 is 33.7 Å². The molecule has 4 amide bonds. The summed E-state index contributed by atoms with van der Waals surface area (Å²) in [5.41, 5.74) is 5.86. The molecule has 0 aromatic heterocycles. The Hall–Kier alpha value is -4.71. The Bertz CT molecular complexity index is 1980. The summed E-state index contributed by atoms with van der Waals surface area (Å²) in [6, 6.07) is 15.7. The Morgan fingerprint density at radius 2 is 1.13 bits per heavy atom. The molecule has 0 radical (unpaired) electrons. The molecule has 46 heavy (non-hydrogen) atoms. The molecule has 2 heterocycles. The molecule has 0 fully saturated rings. The number of nitrogens with zero attached hydrogens (tertiary/aromatic N) is 2. The molecule has 11 heteroatoms. The highest BCUT2D eigenvalue weighted by atomic mass is 32.2. The first-order valence-electron chi connectivity index (χ1n) is 15.1. The third-order valence-corrected chi connectivity index (χ3v) is 9.29. The van der Waals surface area contributed by atoms with E-state index in [0.717, 1.165) is 20.9 Å². The monoisotopic (exact) mass is 641 g/mol. The first-order chi connectivity index (χ1) is 21.9. The second kappa shape index (κ2) is 12.6. The van der Waals surface area contributed by atoms with E-state index in [1.54, 1.807) is 19.1 Å². The zero-order valence-corrected chi connectivity index (χ0v) is 27.4. The molecule has 0 saturated carbocycles. The maximum absolute atomic E-state index is 13.9. The first-order valence-corrected chi connectivity index (χ1v) is 16.5. The van der Waals surface area contributed by atoms with Gasteiger partial charge in [-0.15, -0.1) is 0 Å². The van der Waals surface area contributed by atoms with Crippen molar-refractivity contribution in [2.75, 3.05) is 18.5 Å². The van der Waals surface area contributed by atoms with Gasteiger partial charge in [-0.3, -0.25) is 24.1 Å². The van der Waals surface area contributed by atoms with Crippen LogP contribution in [0.4, 0.5) is 5.69 Å². The number of hydrogen-bond acceptors (Lipinski definition) is 8. The molecular formula is C35H35N3O7S. The van der Waals surface area contributed by atoms with Gasteiger partial charge in [0.25, 0.3) is 23.6 Å². The highest BCUT2D eigenvalue weighted by molar-refractivity contribution is 7.86. The lowest BCUT2D eigenvalue weighted by Crippen LogP contribution is -2.42. The van der Waals surface area contributed by atoms with Crippen LogP contribution < -0.4 is 10.4 Å². The molecule has 2 aliphatic rings. The van der Waals surface area contributed by atoms with Crippen molar-refractivity contribution in [3.8, 4) is 11.1 Å². The van der Waals surface area contributed by atoms with E-state index in [1.165, 1.54) is 56.3 Å². The van der Waals surface area contributed by atoms with E-state index in [4.69, 9.17) is 4.28 Å². The maximum atomic E-state index is 13.9. The van der Waals surface area contributed by atoms with Crippen molar-refractivity contribution >= 4 is 50.2 Å². The normalized spacial score (nSPS) is 14.1. The molecule has 0 unspecified atom stereocenters. The molecule has 4 aromatic rings. The van der Waals surface area contributed by atoms with Gasteiger partial charge in [0.1, 0.15) is 4.90 Å². The van der Waals surface area contributed by atoms with Crippen LogP contribution >= 0.6 is 0 Å². The minimum atomic E-state index is -4.39. The van der Waals surface area contributed by atoms with Gasteiger partial charge in [0.2, 0.25) is 0 Å². The molecule has 0 spiro atoms. The quantitative estimate of drug-likeness (QED) is 0.187. The van der Waals surface area contributed by atoms with E-state index in [9.17, 15) is 27.6 Å². The number of anilines is 1. The SMILES string of the molecule is CCCC.CCNOS(=O)(=O)c1cc(N2C(=O)c3ccc4c5c(ccc(c35)C2=O)C(=O)N(C)C4=O)ccc1-c1ccc(C)cc1C. The molecule has 0 atom stereocenters. The number of benzene rings is 4. The van der Waals surface area contributed by atoms with Crippen LogP contribution in [0.2, 0.25) is 0 Å². The predicted octanol–water partition coefficient (Wildman–Crippen LogP) is 6.19. The van der Waals surface area contributed by atoms with Crippen LogP contribution in [-0.2, 0) is 14.4 Å². The molecule has 0 bridgehead atoms. The van der Waals surface area contributed by atoms with Crippen LogP contribution in [0.5, 0.6) is 0 Å². The number of hydrogen-bond donors (Lipinski definition) is 1. The highest BCUT2D eigenvalue weighted by Crippen LogP contribution is 2.40.